The minimum Gasteiger partial charge on any atom is -0.544 e. The molecule has 0 saturated carbocycles. The third-order valence-corrected chi connectivity index (χ3v) is 10.4. The maximum absolute atomic E-state index is 12.6. The molecule has 2 unspecified atom stereocenters. The largest absolute Gasteiger partial charge is 0.544 e. The number of carbonyl (C=O) groups excluding carboxylic acids is 3. The maximum atomic E-state index is 12.6. The van der Waals surface area contributed by atoms with Crippen molar-refractivity contribution in [3.8, 4) is 0 Å². The normalized spacial score (nSPS) is 13.0. The number of aliphatic carboxylic acids is 1. The molecule has 2 atom stereocenters. The lowest BCUT2D eigenvalue weighted by atomic mass is 10.0. The summed E-state index contributed by atoms with van der Waals surface area (Å²) in [4.78, 5) is 36.8. The van der Waals surface area contributed by atoms with Gasteiger partial charge in [-0.2, -0.15) is 0 Å². The Bertz CT molecular complexity index is 900. The fraction of sp³-hybridized carbons (Fsp3) is 0.891. The molecule has 0 aromatic heterocycles. The predicted molar refractivity (Wildman–Crippen MR) is 222 cm³/mol. The van der Waals surface area contributed by atoms with E-state index in [9.17, 15) is 19.5 Å². The van der Waals surface area contributed by atoms with Crippen LogP contribution < -0.4 is 5.11 Å². The number of quaternary nitrogens is 1. The lowest BCUT2D eigenvalue weighted by molar-refractivity contribution is -0.889. The number of nitrogens with zero attached hydrogens (tertiary/aromatic N) is 1. The summed E-state index contributed by atoms with van der Waals surface area (Å²) in [6.07, 6.45) is 39.6. The van der Waals surface area contributed by atoms with Gasteiger partial charge in [-0.15, -0.1) is 0 Å². The Morgan fingerprint density at radius 3 is 1.41 bits per heavy atom. The van der Waals surface area contributed by atoms with E-state index in [1.54, 1.807) is 21.1 Å². The van der Waals surface area contributed by atoms with Crippen LogP contribution in [0.4, 0.5) is 0 Å². The molecule has 0 amide bonds. The Kier molecular flexibility index (Phi) is 36.6. The second kappa shape index (κ2) is 38.0. The minimum absolute atomic E-state index is 0.0424. The van der Waals surface area contributed by atoms with Crippen LogP contribution in [0.5, 0.6) is 0 Å². The number of hydrogen-bond acceptors (Lipinski definition) is 7. The summed E-state index contributed by atoms with van der Waals surface area (Å²) in [5.41, 5.74) is 0. The summed E-state index contributed by atoms with van der Waals surface area (Å²) >= 11 is 0. The van der Waals surface area contributed by atoms with Crippen molar-refractivity contribution in [1.29, 1.82) is 0 Å². The van der Waals surface area contributed by atoms with Gasteiger partial charge in [-0.05, 0) is 32.1 Å². The highest BCUT2D eigenvalue weighted by atomic mass is 16.6. The first kappa shape index (κ1) is 52.1. The Morgan fingerprint density at radius 1 is 0.537 bits per heavy atom. The molecular weight excluding hydrogens is 679 g/mol. The number of unbranched alkanes of at least 4 members (excludes halogenated alkanes) is 25. The minimum atomic E-state index is -1.12. The monoisotopic (exact) mass is 766 g/mol. The average molecular weight is 766 g/mol. The van der Waals surface area contributed by atoms with Crippen molar-refractivity contribution < 1.29 is 38.2 Å². The molecule has 8 heteroatoms. The summed E-state index contributed by atoms with van der Waals surface area (Å²) < 4.78 is 17.1. The molecule has 318 valence electrons. The molecule has 54 heavy (non-hydrogen) atoms. The summed E-state index contributed by atoms with van der Waals surface area (Å²) in [5.74, 6) is -1.73. The second-order valence-corrected chi connectivity index (χ2v) is 16.6. The first-order valence-electron chi connectivity index (χ1n) is 22.7. The molecule has 0 aliphatic rings. The lowest BCUT2D eigenvalue weighted by Gasteiger charge is -2.34. The molecule has 0 aliphatic carbocycles. The van der Waals surface area contributed by atoms with E-state index in [4.69, 9.17) is 14.2 Å². The van der Waals surface area contributed by atoms with Crippen LogP contribution in [-0.2, 0) is 28.6 Å². The van der Waals surface area contributed by atoms with Gasteiger partial charge in [0.2, 0.25) is 0 Å². The van der Waals surface area contributed by atoms with E-state index < -0.39 is 18.1 Å². The maximum Gasteiger partial charge on any atom is 0.306 e. The molecule has 0 saturated heterocycles. The Morgan fingerprint density at radius 2 is 0.963 bits per heavy atom. The van der Waals surface area contributed by atoms with Crippen molar-refractivity contribution in [2.75, 3.05) is 41.0 Å². The first-order valence-corrected chi connectivity index (χ1v) is 22.7. The zero-order valence-corrected chi connectivity index (χ0v) is 36.2. The first-order chi connectivity index (χ1) is 26.1. The molecule has 0 fully saturated rings. The summed E-state index contributed by atoms with van der Waals surface area (Å²) in [5, 5.41) is 11.6. The summed E-state index contributed by atoms with van der Waals surface area (Å²) in [6.45, 7) is 4.62. The number of esters is 2. The molecule has 0 aliphatic heterocycles. The van der Waals surface area contributed by atoms with Gasteiger partial charge in [-0.1, -0.05) is 174 Å². The number of hydrogen-bond donors (Lipinski definition) is 0. The van der Waals surface area contributed by atoms with Gasteiger partial charge in [-0.25, -0.2) is 0 Å². The van der Waals surface area contributed by atoms with Crippen LogP contribution in [0, 0.1) is 0 Å². The number of ether oxygens (including phenoxy) is 3. The van der Waals surface area contributed by atoms with Crippen LogP contribution in [0.15, 0.2) is 12.2 Å². The molecule has 0 heterocycles. The third kappa shape index (κ3) is 35.8. The Balaban J connectivity index is 4.18. The van der Waals surface area contributed by atoms with Gasteiger partial charge < -0.3 is 28.6 Å². The van der Waals surface area contributed by atoms with Gasteiger partial charge in [0.15, 0.2) is 6.10 Å². The molecule has 0 bridgehead atoms. The van der Waals surface area contributed by atoms with Crippen molar-refractivity contribution in [1.82, 2.24) is 0 Å². The number of carbonyl (C=O) groups is 3. The topological polar surface area (TPSA) is 102 Å². The van der Waals surface area contributed by atoms with Crippen molar-refractivity contribution >= 4 is 17.9 Å². The van der Waals surface area contributed by atoms with E-state index in [1.165, 1.54) is 122 Å². The van der Waals surface area contributed by atoms with E-state index in [0.29, 0.717) is 12.8 Å². The van der Waals surface area contributed by atoms with Gasteiger partial charge in [0.25, 0.3) is 0 Å². The second-order valence-electron chi connectivity index (χ2n) is 16.6. The van der Waals surface area contributed by atoms with E-state index in [2.05, 4.69) is 26.0 Å². The molecular formula is C46H87NO7. The van der Waals surface area contributed by atoms with Crippen molar-refractivity contribution in [3.05, 3.63) is 12.2 Å². The SMILES string of the molecule is CCC/C=C\CCCCCCCC(=O)OC(COCCC(C(=O)[O-])[N+](C)(C)C)COC(=O)CCCCCCCCCCCCCCCCCCCCCC. The van der Waals surface area contributed by atoms with Crippen LogP contribution in [0.3, 0.4) is 0 Å². The third-order valence-electron chi connectivity index (χ3n) is 10.4. The van der Waals surface area contributed by atoms with Crippen LogP contribution in [0.2, 0.25) is 0 Å². The molecule has 0 aromatic rings. The fourth-order valence-corrected chi connectivity index (χ4v) is 6.84. The number of allylic oxidation sites excluding steroid dienone is 2. The standard InChI is InChI=1S/C46H87NO7/c1-6-8-10-12-14-16-18-19-20-21-22-23-24-25-26-27-29-30-32-34-36-44(48)53-41-42(40-52-39-38-43(46(50)51)47(3,4)5)54-45(49)37-35-33-31-28-17-15-13-11-9-7-2/h11,13,42-43H,6-10,12,14-41H2,1-5H3/b13-11-. The van der Waals surface area contributed by atoms with Gasteiger partial charge >= 0.3 is 11.9 Å². The molecule has 0 radical (unpaired) electrons. The molecule has 0 rings (SSSR count). The predicted octanol–water partition coefficient (Wildman–Crippen LogP) is 11.0. The molecule has 0 N–H and O–H groups in total. The number of rotatable bonds is 41. The number of carboxylic acids is 1. The Hall–Kier alpha value is -1.93. The van der Waals surface area contributed by atoms with Crippen LogP contribution in [-0.4, -0.2) is 75.5 Å². The summed E-state index contributed by atoms with van der Waals surface area (Å²) in [7, 11) is 5.41. The van der Waals surface area contributed by atoms with E-state index in [1.807, 2.05) is 0 Å². The van der Waals surface area contributed by atoms with Crippen molar-refractivity contribution in [3.63, 3.8) is 0 Å². The summed E-state index contributed by atoms with van der Waals surface area (Å²) in [6, 6.07) is -0.722. The number of likely N-dealkylation sites (N-methyl/N-ethyl adjacent to an activating group) is 1. The Labute approximate surface area is 333 Å². The lowest BCUT2D eigenvalue weighted by Crippen LogP contribution is -2.55. The fourth-order valence-electron chi connectivity index (χ4n) is 6.84. The average Bonchev–Trinajstić information content (AvgIpc) is 3.12. The van der Waals surface area contributed by atoms with Gasteiger partial charge in [0.1, 0.15) is 12.6 Å². The van der Waals surface area contributed by atoms with E-state index in [-0.39, 0.29) is 42.7 Å². The van der Waals surface area contributed by atoms with Crippen LogP contribution in [0.25, 0.3) is 0 Å². The quantitative estimate of drug-likeness (QED) is 0.0264. The van der Waals surface area contributed by atoms with Crippen molar-refractivity contribution in [2.24, 2.45) is 0 Å². The number of carboxylic acid groups (broad SMARTS) is 1. The highest BCUT2D eigenvalue weighted by molar-refractivity contribution is 5.70. The van der Waals surface area contributed by atoms with E-state index in [0.717, 1.165) is 57.8 Å². The molecule has 0 aromatic carbocycles. The van der Waals surface area contributed by atoms with Crippen molar-refractivity contribution in [2.45, 2.75) is 225 Å². The highest BCUT2D eigenvalue weighted by Crippen LogP contribution is 2.16. The van der Waals surface area contributed by atoms with Crippen LogP contribution in [0.1, 0.15) is 213 Å². The van der Waals surface area contributed by atoms with Crippen LogP contribution >= 0.6 is 0 Å². The van der Waals surface area contributed by atoms with Gasteiger partial charge in [-0.3, -0.25) is 9.59 Å². The zero-order chi connectivity index (χ0) is 40.0. The molecule has 0 spiro atoms. The highest BCUT2D eigenvalue weighted by Gasteiger charge is 2.25. The zero-order valence-electron chi connectivity index (χ0n) is 36.2. The van der Waals surface area contributed by atoms with Gasteiger partial charge in [0.05, 0.1) is 40.3 Å². The molecule has 8 nitrogen and oxygen atoms in total. The van der Waals surface area contributed by atoms with Gasteiger partial charge in [0, 0.05) is 19.3 Å². The smallest absolute Gasteiger partial charge is 0.306 e. The van der Waals surface area contributed by atoms with E-state index >= 15 is 0 Å².